The van der Waals surface area contributed by atoms with Gasteiger partial charge in [-0.2, -0.15) is 0 Å². The predicted molar refractivity (Wildman–Crippen MR) is 67.5 cm³/mol. The standard InChI is InChI=1S/C14H19NO/c1-4-5-6-9-15-11-13-10-12(2)7-8-14(13)16-3/h1,7-8,10,15H,5-6,9,11H2,2-3H3. The van der Waals surface area contributed by atoms with E-state index < -0.39 is 0 Å². The van der Waals surface area contributed by atoms with E-state index in [4.69, 9.17) is 11.2 Å². The fourth-order valence-electron chi connectivity index (χ4n) is 1.58. The van der Waals surface area contributed by atoms with Crippen LogP contribution in [0.15, 0.2) is 18.2 Å². The van der Waals surface area contributed by atoms with Crippen LogP contribution in [0.2, 0.25) is 0 Å². The largest absolute Gasteiger partial charge is 0.496 e. The number of nitrogens with one attached hydrogen (secondary N) is 1. The van der Waals surface area contributed by atoms with E-state index in [9.17, 15) is 0 Å². The first kappa shape index (κ1) is 12.6. The van der Waals surface area contributed by atoms with Gasteiger partial charge in [0.1, 0.15) is 5.75 Å². The third-order valence-electron chi connectivity index (χ3n) is 2.43. The number of hydrogen-bond acceptors (Lipinski definition) is 2. The van der Waals surface area contributed by atoms with Crippen LogP contribution in [-0.4, -0.2) is 13.7 Å². The molecule has 0 radical (unpaired) electrons. The quantitative estimate of drug-likeness (QED) is 0.584. The van der Waals surface area contributed by atoms with Gasteiger partial charge in [-0.1, -0.05) is 17.7 Å². The highest BCUT2D eigenvalue weighted by atomic mass is 16.5. The van der Waals surface area contributed by atoms with E-state index in [1.165, 1.54) is 11.1 Å². The monoisotopic (exact) mass is 217 g/mol. The highest BCUT2D eigenvalue weighted by molar-refractivity contribution is 5.36. The maximum absolute atomic E-state index is 5.31. The molecule has 0 atom stereocenters. The van der Waals surface area contributed by atoms with E-state index in [1.54, 1.807) is 7.11 Å². The molecular formula is C14H19NO. The van der Waals surface area contributed by atoms with E-state index >= 15 is 0 Å². The van der Waals surface area contributed by atoms with Crippen LogP contribution >= 0.6 is 0 Å². The number of terminal acetylenes is 1. The van der Waals surface area contributed by atoms with E-state index in [1.807, 2.05) is 6.07 Å². The van der Waals surface area contributed by atoms with Crippen molar-refractivity contribution in [2.45, 2.75) is 26.3 Å². The molecule has 0 spiro atoms. The van der Waals surface area contributed by atoms with Gasteiger partial charge in [-0.3, -0.25) is 0 Å². The minimum atomic E-state index is 0.829. The molecule has 1 rings (SSSR count). The number of aryl methyl sites for hydroxylation is 1. The van der Waals surface area contributed by atoms with Gasteiger partial charge < -0.3 is 10.1 Å². The second-order valence-electron chi connectivity index (χ2n) is 3.80. The molecule has 0 bridgehead atoms. The van der Waals surface area contributed by atoms with Crippen LogP contribution in [0, 0.1) is 19.3 Å². The first-order valence-corrected chi connectivity index (χ1v) is 5.55. The summed E-state index contributed by atoms with van der Waals surface area (Å²) in [6, 6.07) is 6.21. The molecule has 0 heterocycles. The van der Waals surface area contributed by atoms with Crippen molar-refractivity contribution in [2.24, 2.45) is 0 Å². The van der Waals surface area contributed by atoms with Gasteiger partial charge >= 0.3 is 0 Å². The first-order valence-electron chi connectivity index (χ1n) is 5.55. The summed E-state index contributed by atoms with van der Waals surface area (Å²) >= 11 is 0. The highest BCUT2D eigenvalue weighted by Gasteiger charge is 2.01. The third-order valence-corrected chi connectivity index (χ3v) is 2.43. The summed E-state index contributed by atoms with van der Waals surface area (Å²) in [5.41, 5.74) is 2.45. The van der Waals surface area contributed by atoms with Crippen molar-refractivity contribution in [3.63, 3.8) is 0 Å². The molecule has 2 nitrogen and oxygen atoms in total. The van der Waals surface area contributed by atoms with Gasteiger partial charge in [0.25, 0.3) is 0 Å². The van der Waals surface area contributed by atoms with Crippen LogP contribution in [0.25, 0.3) is 0 Å². The zero-order valence-electron chi connectivity index (χ0n) is 10.0. The maximum atomic E-state index is 5.31. The van der Waals surface area contributed by atoms with Crippen LogP contribution in [0.1, 0.15) is 24.0 Å². The average Bonchev–Trinajstić information content (AvgIpc) is 2.29. The zero-order chi connectivity index (χ0) is 11.8. The first-order chi connectivity index (χ1) is 7.77. The summed E-state index contributed by atoms with van der Waals surface area (Å²) in [7, 11) is 1.70. The van der Waals surface area contributed by atoms with E-state index in [2.05, 4.69) is 30.3 Å². The number of methoxy groups -OCH3 is 1. The number of benzene rings is 1. The fraction of sp³-hybridized carbons (Fsp3) is 0.429. The molecule has 0 amide bonds. The van der Waals surface area contributed by atoms with Crippen LogP contribution in [0.3, 0.4) is 0 Å². The lowest BCUT2D eigenvalue weighted by Gasteiger charge is -2.10. The minimum absolute atomic E-state index is 0.829. The smallest absolute Gasteiger partial charge is 0.123 e. The van der Waals surface area contributed by atoms with Crippen molar-refractivity contribution in [2.75, 3.05) is 13.7 Å². The molecule has 0 aliphatic rings. The molecule has 1 aromatic rings. The summed E-state index contributed by atoms with van der Waals surface area (Å²) in [6.45, 7) is 3.86. The van der Waals surface area contributed by atoms with Crippen molar-refractivity contribution >= 4 is 0 Å². The van der Waals surface area contributed by atoms with E-state index in [0.717, 1.165) is 31.7 Å². The molecule has 0 aromatic heterocycles. The molecule has 1 aromatic carbocycles. The topological polar surface area (TPSA) is 21.3 Å². The second kappa shape index (κ2) is 6.92. The van der Waals surface area contributed by atoms with Crippen molar-refractivity contribution < 1.29 is 4.74 Å². The second-order valence-corrected chi connectivity index (χ2v) is 3.80. The van der Waals surface area contributed by atoms with Crippen LogP contribution < -0.4 is 10.1 Å². The van der Waals surface area contributed by atoms with Gasteiger partial charge in [-0.05, 0) is 26.0 Å². The fourth-order valence-corrected chi connectivity index (χ4v) is 1.58. The van der Waals surface area contributed by atoms with Crippen molar-refractivity contribution in [1.82, 2.24) is 5.32 Å². The molecule has 16 heavy (non-hydrogen) atoms. The van der Waals surface area contributed by atoms with Crippen molar-refractivity contribution in [1.29, 1.82) is 0 Å². The van der Waals surface area contributed by atoms with E-state index in [0.29, 0.717) is 0 Å². The molecule has 0 aliphatic heterocycles. The minimum Gasteiger partial charge on any atom is -0.496 e. The molecule has 0 unspecified atom stereocenters. The van der Waals surface area contributed by atoms with Gasteiger partial charge in [0.05, 0.1) is 7.11 Å². The van der Waals surface area contributed by atoms with Crippen LogP contribution in [0.4, 0.5) is 0 Å². The molecular weight excluding hydrogens is 198 g/mol. The Morgan fingerprint density at radius 1 is 1.44 bits per heavy atom. The molecule has 2 heteroatoms. The van der Waals surface area contributed by atoms with Gasteiger partial charge in [0, 0.05) is 18.5 Å². The van der Waals surface area contributed by atoms with Gasteiger partial charge in [0.15, 0.2) is 0 Å². The SMILES string of the molecule is C#CCCCNCc1cc(C)ccc1OC. The number of ether oxygens (including phenoxy) is 1. The number of hydrogen-bond donors (Lipinski definition) is 1. The summed E-state index contributed by atoms with van der Waals surface area (Å²) in [4.78, 5) is 0. The Labute approximate surface area is 98.0 Å². The zero-order valence-corrected chi connectivity index (χ0v) is 10.0. The molecule has 0 saturated carbocycles. The van der Waals surface area contributed by atoms with Gasteiger partial charge in [-0.15, -0.1) is 12.3 Å². The van der Waals surface area contributed by atoms with Crippen LogP contribution in [0.5, 0.6) is 5.75 Å². The summed E-state index contributed by atoms with van der Waals surface area (Å²) in [5, 5.41) is 3.36. The lowest BCUT2D eigenvalue weighted by molar-refractivity contribution is 0.407. The number of unbranched alkanes of at least 4 members (excludes halogenated alkanes) is 1. The third kappa shape index (κ3) is 3.96. The Bertz CT molecular complexity index is 365. The Morgan fingerprint density at radius 3 is 2.94 bits per heavy atom. The van der Waals surface area contributed by atoms with Crippen molar-refractivity contribution in [3.05, 3.63) is 29.3 Å². The summed E-state index contributed by atoms with van der Waals surface area (Å²) < 4.78 is 5.31. The Hall–Kier alpha value is -1.46. The predicted octanol–water partition coefficient (Wildman–Crippen LogP) is 2.51. The van der Waals surface area contributed by atoms with Gasteiger partial charge in [0.2, 0.25) is 0 Å². The lowest BCUT2D eigenvalue weighted by Crippen LogP contribution is -2.15. The van der Waals surface area contributed by atoms with E-state index in [-0.39, 0.29) is 0 Å². The summed E-state index contributed by atoms with van der Waals surface area (Å²) in [5.74, 6) is 3.57. The number of rotatable bonds is 6. The molecule has 0 saturated heterocycles. The Morgan fingerprint density at radius 2 is 2.25 bits per heavy atom. The molecule has 0 fully saturated rings. The summed E-state index contributed by atoms with van der Waals surface area (Å²) in [6.07, 6.45) is 7.04. The molecule has 0 aliphatic carbocycles. The normalized spacial score (nSPS) is 9.81. The molecule has 86 valence electrons. The highest BCUT2D eigenvalue weighted by Crippen LogP contribution is 2.19. The molecule has 1 N–H and O–H groups in total. The average molecular weight is 217 g/mol. The maximum Gasteiger partial charge on any atom is 0.123 e. The lowest BCUT2D eigenvalue weighted by atomic mass is 10.1. The van der Waals surface area contributed by atoms with Crippen LogP contribution in [-0.2, 0) is 6.54 Å². The van der Waals surface area contributed by atoms with Crippen molar-refractivity contribution in [3.8, 4) is 18.1 Å². The van der Waals surface area contributed by atoms with Gasteiger partial charge in [-0.25, -0.2) is 0 Å². The Balaban J connectivity index is 2.46. The Kier molecular flexibility index (Phi) is 5.45.